The molecular formula is C23H37N3O3. The lowest BCUT2D eigenvalue weighted by Crippen LogP contribution is -2.53. The van der Waals surface area contributed by atoms with Crippen molar-refractivity contribution in [3.05, 3.63) is 23.8 Å². The van der Waals surface area contributed by atoms with E-state index in [1.54, 1.807) is 14.2 Å². The summed E-state index contributed by atoms with van der Waals surface area (Å²) in [6.45, 7) is 2.65. The van der Waals surface area contributed by atoms with Crippen LogP contribution in [0.1, 0.15) is 50.5 Å². The number of hydrogen-bond acceptors (Lipinski definition) is 4. The second kappa shape index (κ2) is 10.7. The molecule has 1 N–H and O–H groups in total. The molecular weight excluding hydrogens is 366 g/mol. The quantitative estimate of drug-likeness (QED) is 0.754. The molecule has 6 nitrogen and oxygen atoms in total. The molecule has 1 saturated carbocycles. The van der Waals surface area contributed by atoms with Crippen molar-refractivity contribution >= 4 is 6.03 Å². The van der Waals surface area contributed by atoms with Crippen LogP contribution < -0.4 is 14.8 Å². The molecule has 0 radical (unpaired) electrons. The van der Waals surface area contributed by atoms with E-state index in [-0.39, 0.29) is 6.03 Å². The Morgan fingerprint density at radius 2 is 1.86 bits per heavy atom. The first-order valence-electron chi connectivity index (χ1n) is 11.1. The highest BCUT2D eigenvalue weighted by atomic mass is 16.5. The van der Waals surface area contributed by atoms with Crippen molar-refractivity contribution in [1.82, 2.24) is 15.1 Å². The number of likely N-dealkylation sites (tertiary alicyclic amines) is 1. The molecule has 1 saturated heterocycles. The number of carbonyl (C=O) groups is 1. The zero-order valence-electron chi connectivity index (χ0n) is 18.3. The minimum absolute atomic E-state index is 0.134. The summed E-state index contributed by atoms with van der Waals surface area (Å²) in [5, 5.41) is 3.27. The van der Waals surface area contributed by atoms with Gasteiger partial charge in [0.15, 0.2) is 11.5 Å². The van der Waals surface area contributed by atoms with Crippen LogP contribution in [0.4, 0.5) is 4.79 Å². The zero-order chi connectivity index (χ0) is 20.6. The smallest absolute Gasteiger partial charge is 0.317 e. The van der Waals surface area contributed by atoms with E-state index in [2.05, 4.69) is 29.4 Å². The van der Waals surface area contributed by atoms with E-state index in [1.165, 1.54) is 24.8 Å². The van der Waals surface area contributed by atoms with E-state index < -0.39 is 0 Å². The maximum atomic E-state index is 12.7. The molecule has 0 bridgehead atoms. The van der Waals surface area contributed by atoms with Gasteiger partial charge < -0.3 is 24.6 Å². The summed E-state index contributed by atoms with van der Waals surface area (Å²) in [6, 6.07) is 7.04. The number of piperidine rings is 1. The minimum atomic E-state index is 0.134. The topological polar surface area (TPSA) is 54.0 Å². The average molecular weight is 404 g/mol. The lowest BCUT2D eigenvalue weighted by molar-refractivity contribution is 0.124. The van der Waals surface area contributed by atoms with Gasteiger partial charge in [-0.05, 0) is 56.8 Å². The standard InChI is InChI=1S/C23H37N3O3/c1-25(15-13-18-11-12-21(28-2)22(16-18)29-3)20-10-7-14-26(17-20)23(27)24-19-8-5-4-6-9-19/h11-12,16,19-20H,4-10,13-15,17H2,1-3H3,(H,24,27). The highest BCUT2D eigenvalue weighted by Gasteiger charge is 2.27. The molecule has 1 atom stereocenters. The molecule has 162 valence electrons. The number of amides is 2. The van der Waals surface area contributed by atoms with Gasteiger partial charge in [0, 0.05) is 31.7 Å². The fourth-order valence-corrected chi connectivity index (χ4v) is 4.54. The van der Waals surface area contributed by atoms with E-state index in [9.17, 15) is 4.79 Å². The Morgan fingerprint density at radius 3 is 2.59 bits per heavy atom. The van der Waals surface area contributed by atoms with E-state index in [4.69, 9.17) is 9.47 Å². The molecule has 6 heteroatoms. The van der Waals surface area contributed by atoms with Crippen LogP contribution in [0.25, 0.3) is 0 Å². The Hall–Kier alpha value is -1.95. The Kier molecular flexibility index (Phi) is 8.04. The van der Waals surface area contributed by atoms with Crippen molar-refractivity contribution in [2.45, 2.75) is 63.5 Å². The summed E-state index contributed by atoms with van der Waals surface area (Å²) in [5.41, 5.74) is 1.23. The summed E-state index contributed by atoms with van der Waals surface area (Å²) < 4.78 is 10.7. The van der Waals surface area contributed by atoms with Crippen LogP contribution in [0.3, 0.4) is 0 Å². The molecule has 1 aromatic carbocycles. The lowest BCUT2D eigenvalue weighted by Gasteiger charge is -2.38. The highest BCUT2D eigenvalue weighted by molar-refractivity contribution is 5.74. The first-order chi connectivity index (χ1) is 14.1. The molecule has 1 aromatic rings. The van der Waals surface area contributed by atoms with Crippen molar-refractivity contribution in [1.29, 1.82) is 0 Å². The van der Waals surface area contributed by atoms with Gasteiger partial charge >= 0.3 is 6.03 Å². The largest absolute Gasteiger partial charge is 0.493 e. The van der Waals surface area contributed by atoms with Crippen LogP contribution in [0.5, 0.6) is 11.5 Å². The summed E-state index contributed by atoms with van der Waals surface area (Å²) in [4.78, 5) is 17.1. The van der Waals surface area contributed by atoms with Crippen molar-refractivity contribution in [3.8, 4) is 11.5 Å². The Morgan fingerprint density at radius 1 is 1.10 bits per heavy atom. The third kappa shape index (κ3) is 6.01. The van der Waals surface area contributed by atoms with Gasteiger partial charge in [0.25, 0.3) is 0 Å². The van der Waals surface area contributed by atoms with E-state index in [0.717, 1.165) is 63.2 Å². The van der Waals surface area contributed by atoms with Crippen LogP contribution in [0.2, 0.25) is 0 Å². The van der Waals surface area contributed by atoms with Crippen molar-refractivity contribution in [3.63, 3.8) is 0 Å². The fraction of sp³-hybridized carbons (Fsp3) is 0.696. The molecule has 1 unspecified atom stereocenters. The van der Waals surface area contributed by atoms with Crippen LogP contribution in [0.15, 0.2) is 18.2 Å². The first kappa shape index (κ1) is 21.8. The Balaban J connectivity index is 1.49. The predicted molar refractivity (Wildman–Crippen MR) is 116 cm³/mol. The number of hydrogen-bond donors (Lipinski definition) is 1. The van der Waals surface area contributed by atoms with Gasteiger partial charge in [-0.2, -0.15) is 0 Å². The van der Waals surface area contributed by atoms with Crippen LogP contribution in [-0.4, -0.2) is 68.8 Å². The number of likely N-dealkylation sites (N-methyl/N-ethyl adjacent to an activating group) is 1. The number of nitrogens with one attached hydrogen (secondary N) is 1. The third-order valence-electron chi connectivity index (χ3n) is 6.44. The summed E-state index contributed by atoms with van der Waals surface area (Å²) in [7, 11) is 5.50. The summed E-state index contributed by atoms with van der Waals surface area (Å²) in [6.07, 6.45) is 9.23. The number of nitrogens with zero attached hydrogens (tertiary/aromatic N) is 2. The summed E-state index contributed by atoms with van der Waals surface area (Å²) in [5.74, 6) is 1.53. The van der Waals surface area contributed by atoms with Gasteiger partial charge in [-0.1, -0.05) is 25.3 Å². The number of carbonyl (C=O) groups excluding carboxylic acids is 1. The molecule has 29 heavy (non-hydrogen) atoms. The van der Waals surface area contributed by atoms with Gasteiger partial charge in [-0.25, -0.2) is 4.79 Å². The minimum Gasteiger partial charge on any atom is -0.493 e. The van der Waals surface area contributed by atoms with Gasteiger partial charge in [-0.3, -0.25) is 0 Å². The normalized spacial score (nSPS) is 20.6. The molecule has 2 fully saturated rings. The molecule has 1 heterocycles. The molecule has 0 spiro atoms. The number of rotatable bonds is 7. The molecule has 2 amide bonds. The molecule has 1 aliphatic heterocycles. The van der Waals surface area contributed by atoms with Gasteiger partial charge in [0.2, 0.25) is 0 Å². The van der Waals surface area contributed by atoms with Gasteiger partial charge in [0.1, 0.15) is 0 Å². The number of ether oxygens (including phenoxy) is 2. The molecule has 1 aliphatic carbocycles. The maximum absolute atomic E-state index is 12.7. The first-order valence-corrected chi connectivity index (χ1v) is 11.1. The van der Waals surface area contributed by atoms with Gasteiger partial charge in [-0.15, -0.1) is 0 Å². The number of methoxy groups -OCH3 is 2. The van der Waals surface area contributed by atoms with Crippen molar-refractivity contribution < 1.29 is 14.3 Å². The fourth-order valence-electron chi connectivity index (χ4n) is 4.54. The van der Waals surface area contributed by atoms with E-state index in [1.807, 2.05) is 11.0 Å². The molecule has 2 aliphatic rings. The summed E-state index contributed by atoms with van der Waals surface area (Å²) >= 11 is 0. The molecule has 3 rings (SSSR count). The number of benzene rings is 1. The SMILES string of the molecule is COc1ccc(CCN(C)C2CCCN(C(=O)NC3CCCCC3)C2)cc1OC. The monoisotopic (exact) mass is 403 g/mol. The Bertz CT molecular complexity index is 661. The average Bonchev–Trinajstić information content (AvgIpc) is 2.78. The van der Waals surface area contributed by atoms with Crippen molar-refractivity contribution in [2.24, 2.45) is 0 Å². The van der Waals surface area contributed by atoms with Crippen LogP contribution in [-0.2, 0) is 6.42 Å². The third-order valence-corrected chi connectivity index (χ3v) is 6.44. The highest BCUT2D eigenvalue weighted by Crippen LogP contribution is 2.28. The maximum Gasteiger partial charge on any atom is 0.317 e. The van der Waals surface area contributed by atoms with E-state index in [0.29, 0.717) is 12.1 Å². The zero-order valence-corrected chi connectivity index (χ0v) is 18.3. The Labute approximate surface area is 175 Å². The van der Waals surface area contributed by atoms with Crippen LogP contribution >= 0.6 is 0 Å². The van der Waals surface area contributed by atoms with E-state index >= 15 is 0 Å². The lowest BCUT2D eigenvalue weighted by atomic mass is 9.95. The molecule has 0 aromatic heterocycles. The second-order valence-corrected chi connectivity index (χ2v) is 8.45. The van der Waals surface area contributed by atoms with Crippen LogP contribution in [0, 0.1) is 0 Å². The van der Waals surface area contributed by atoms with Crippen molar-refractivity contribution in [2.75, 3.05) is 40.9 Å². The second-order valence-electron chi connectivity index (χ2n) is 8.45. The number of urea groups is 1. The predicted octanol–water partition coefficient (Wildman–Crippen LogP) is 3.68. The van der Waals surface area contributed by atoms with Gasteiger partial charge in [0.05, 0.1) is 14.2 Å².